The molecule has 1 amide bonds. The van der Waals surface area contributed by atoms with Crippen LogP contribution in [0.15, 0.2) is 53.5 Å². The highest BCUT2D eigenvalue weighted by Gasteiger charge is 2.21. The second kappa shape index (κ2) is 9.00. The summed E-state index contributed by atoms with van der Waals surface area (Å²) in [6.07, 6.45) is 2.95. The van der Waals surface area contributed by atoms with E-state index >= 15 is 0 Å². The average Bonchev–Trinajstić information content (AvgIpc) is 2.62. The fourth-order valence-electron chi connectivity index (χ4n) is 3.94. The summed E-state index contributed by atoms with van der Waals surface area (Å²) in [5, 5.41) is 2.88. The van der Waals surface area contributed by atoms with Gasteiger partial charge in [-0.15, -0.1) is 0 Å². The minimum Gasteiger partial charge on any atom is -0.350 e. The van der Waals surface area contributed by atoms with Crippen molar-refractivity contribution in [3.8, 4) is 0 Å². The largest absolute Gasteiger partial charge is 0.350 e. The van der Waals surface area contributed by atoms with Gasteiger partial charge in [0.25, 0.3) is 5.56 Å². The van der Waals surface area contributed by atoms with E-state index in [-0.39, 0.29) is 18.0 Å². The highest BCUT2D eigenvalue weighted by Crippen LogP contribution is 2.22. The fraction of sp³-hybridized carbons (Fsp3) is 0.455. The number of rotatable bonds is 6. The number of nitrogens with one attached hydrogen (secondary N) is 1. The lowest BCUT2D eigenvalue weighted by atomic mass is 9.91. The van der Waals surface area contributed by atoms with Crippen LogP contribution in [0.3, 0.4) is 0 Å². The summed E-state index contributed by atoms with van der Waals surface area (Å²) in [6.45, 7) is 8.50. The van der Waals surface area contributed by atoms with Crippen molar-refractivity contribution < 1.29 is 4.79 Å². The van der Waals surface area contributed by atoms with Crippen molar-refractivity contribution in [3.05, 3.63) is 70.1 Å². The van der Waals surface area contributed by atoms with E-state index in [0.717, 1.165) is 23.9 Å². The second-order valence-corrected chi connectivity index (χ2v) is 7.90. The van der Waals surface area contributed by atoms with Crippen molar-refractivity contribution in [2.45, 2.75) is 39.9 Å². The van der Waals surface area contributed by atoms with Crippen LogP contribution in [-0.2, 0) is 24.4 Å². The Balaban J connectivity index is 1.48. The molecule has 1 aromatic carbocycles. The van der Waals surface area contributed by atoms with Crippen LogP contribution in [0, 0.1) is 11.8 Å². The molecule has 1 saturated heterocycles. The minimum absolute atomic E-state index is 0.0447. The lowest BCUT2D eigenvalue weighted by Gasteiger charge is -2.35. The maximum absolute atomic E-state index is 12.1. The number of likely N-dealkylation sites (tertiary alicyclic amines) is 1. The molecule has 5 heteroatoms. The number of hydrogen-bond donors (Lipinski definition) is 1. The number of piperidine rings is 1. The van der Waals surface area contributed by atoms with Gasteiger partial charge in [-0.1, -0.05) is 44.2 Å². The van der Waals surface area contributed by atoms with E-state index in [1.165, 1.54) is 35.7 Å². The summed E-state index contributed by atoms with van der Waals surface area (Å²) in [7, 11) is 0. The van der Waals surface area contributed by atoms with E-state index in [1.54, 1.807) is 18.3 Å². The lowest BCUT2D eigenvalue weighted by Crippen LogP contribution is -2.38. The van der Waals surface area contributed by atoms with Crippen molar-refractivity contribution in [3.63, 3.8) is 0 Å². The molecule has 0 saturated carbocycles. The fourth-order valence-corrected chi connectivity index (χ4v) is 3.94. The standard InChI is InChI=1S/C22H29N3O2/c1-17-11-18(2)14-24(13-17)15-20-8-6-19(7-9-20)12-23-21(26)16-25-10-4-3-5-22(25)27/h3-10,17-18H,11-16H2,1-2H3,(H,23,26)/t17-,18+. The third kappa shape index (κ3) is 5.79. The van der Waals surface area contributed by atoms with E-state index in [4.69, 9.17) is 0 Å². The normalized spacial score (nSPS) is 20.4. The summed E-state index contributed by atoms with van der Waals surface area (Å²) in [6, 6.07) is 13.3. The molecule has 2 heterocycles. The molecule has 0 bridgehead atoms. The first-order chi connectivity index (χ1) is 13.0. The average molecular weight is 367 g/mol. The Kier molecular flexibility index (Phi) is 6.45. The molecule has 5 nitrogen and oxygen atoms in total. The molecule has 144 valence electrons. The maximum atomic E-state index is 12.1. The first kappa shape index (κ1) is 19.4. The molecule has 1 N–H and O–H groups in total. The van der Waals surface area contributed by atoms with Crippen molar-refractivity contribution in [2.24, 2.45) is 11.8 Å². The van der Waals surface area contributed by atoms with Crippen molar-refractivity contribution in [1.82, 2.24) is 14.8 Å². The van der Waals surface area contributed by atoms with Gasteiger partial charge in [-0.3, -0.25) is 14.5 Å². The zero-order chi connectivity index (χ0) is 19.2. The third-order valence-corrected chi connectivity index (χ3v) is 5.08. The third-order valence-electron chi connectivity index (χ3n) is 5.08. The Morgan fingerprint density at radius 2 is 1.70 bits per heavy atom. The van der Waals surface area contributed by atoms with Gasteiger partial charge in [-0.25, -0.2) is 0 Å². The molecule has 27 heavy (non-hydrogen) atoms. The number of amides is 1. The number of aromatic nitrogens is 1. The Labute approximate surface area is 161 Å². The monoisotopic (exact) mass is 367 g/mol. The Morgan fingerprint density at radius 3 is 2.37 bits per heavy atom. The van der Waals surface area contributed by atoms with Crippen LogP contribution in [0.2, 0.25) is 0 Å². The van der Waals surface area contributed by atoms with Crippen LogP contribution in [0.4, 0.5) is 0 Å². The van der Waals surface area contributed by atoms with Gasteiger partial charge in [0.1, 0.15) is 6.54 Å². The molecule has 0 spiro atoms. The Bertz CT molecular complexity index is 803. The molecule has 0 radical (unpaired) electrons. The smallest absolute Gasteiger partial charge is 0.250 e. The first-order valence-electron chi connectivity index (χ1n) is 9.72. The van der Waals surface area contributed by atoms with Gasteiger partial charge in [-0.05, 0) is 35.4 Å². The van der Waals surface area contributed by atoms with Crippen molar-refractivity contribution >= 4 is 5.91 Å². The first-order valence-corrected chi connectivity index (χ1v) is 9.72. The topological polar surface area (TPSA) is 54.3 Å². The summed E-state index contributed by atoms with van der Waals surface area (Å²) in [5.41, 5.74) is 2.20. The zero-order valence-electron chi connectivity index (χ0n) is 16.2. The van der Waals surface area contributed by atoms with Crippen LogP contribution in [-0.4, -0.2) is 28.5 Å². The van der Waals surface area contributed by atoms with Gasteiger partial charge < -0.3 is 9.88 Å². The SMILES string of the molecule is C[C@@H]1C[C@H](C)CN(Cc2ccc(CNC(=O)Cn3ccccc3=O)cc2)C1. The molecule has 1 aliphatic heterocycles. The number of benzene rings is 1. The lowest BCUT2D eigenvalue weighted by molar-refractivity contribution is -0.121. The summed E-state index contributed by atoms with van der Waals surface area (Å²) >= 11 is 0. The van der Waals surface area contributed by atoms with E-state index in [1.807, 2.05) is 0 Å². The summed E-state index contributed by atoms with van der Waals surface area (Å²) in [4.78, 5) is 26.2. The van der Waals surface area contributed by atoms with Gasteiger partial charge >= 0.3 is 0 Å². The molecule has 0 unspecified atom stereocenters. The van der Waals surface area contributed by atoms with Crippen LogP contribution in [0.5, 0.6) is 0 Å². The van der Waals surface area contributed by atoms with Crippen LogP contribution in [0.1, 0.15) is 31.4 Å². The van der Waals surface area contributed by atoms with Gasteiger partial charge in [0.2, 0.25) is 5.91 Å². The van der Waals surface area contributed by atoms with Gasteiger partial charge in [-0.2, -0.15) is 0 Å². The van der Waals surface area contributed by atoms with Crippen molar-refractivity contribution in [2.75, 3.05) is 13.1 Å². The summed E-state index contributed by atoms with van der Waals surface area (Å²) in [5.74, 6) is 1.37. The van der Waals surface area contributed by atoms with Crippen LogP contribution >= 0.6 is 0 Å². The molecule has 2 aromatic rings. The number of nitrogens with zero attached hydrogens (tertiary/aromatic N) is 2. The Morgan fingerprint density at radius 1 is 1.04 bits per heavy atom. The molecule has 0 aliphatic carbocycles. The molecule has 1 aromatic heterocycles. The molecular formula is C22H29N3O2. The second-order valence-electron chi connectivity index (χ2n) is 7.90. The predicted molar refractivity (Wildman–Crippen MR) is 107 cm³/mol. The Hall–Kier alpha value is -2.40. The number of carbonyl (C=O) groups excluding carboxylic acids is 1. The number of pyridine rings is 1. The quantitative estimate of drug-likeness (QED) is 0.854. The predicted octanol–water partition coefficient (Wildman–Crippen LogP) is 2.64. The van der Waals surface area contributed by atoms with E-state index in [9.17, 15) is 9.59 Å². The molecular weight excluding hydrogens is 338 g/mol. The van der Waals surface area contributed by atoms with E-state index in [0.29, 0.717) is 6.54 Å². The van der Waals surface area contributed by atoms with Crippen LogP contribution in [0.25, 0.3) is 0 Å². The molecule has 2 atom stereocenters. The molecule has 3 rings (SSSR count). The minimum atomic E-state index is -0.168. The number of carbonyl (C=O) groups is 1. The van der Waals surface area contributed by atoms with Crippen LogP contribution < -0.4 is 10.9 Å². The highest BCUT2D eigenvalue weighted by molar-refractivity contribution is 5.75. The van der Waals surface area contributed by atoms with E-state index in [2.05, 4.69) is 48.3 Å². The highest BCUT2D eigenvalue weighted by atomic mass is 16.2. The zero-order valence-corrected chi connectivity index (χ0v) is 16.2. The van der Waals surface area contributed by atoms with Gasteiger partial charge in [0.15, 0.2) is 0 Å². The van der Waals surface area contributed by atoms with E-state index < -0.39 is 0 Å². The van der Waals surface area contributed by atoms with Crippen molar-refractivity contribution in [1.29, 1.82) is 0 Å². The molecule has 1 aliphatic rings. The summed E-state index contributed by atoms with van der Waals surface area (Å²) < 4.78 is 1.40. The van der Waals surface area contributed by atoms with Gasteiger partial charge in [0.05, 0.1) is 0 Å². The number of hydrogen-bond acceptors (Lipinski definition) is 3. The maximum Gasteiger partial charge on any atom is 0.250 e. The van der Waals surface area contributed by atoms with Gasteiger partial charge in [0, 0.05) is 38.4 Å². The molecule has 1 fully saturated rings.